The molecule has 1 aromatic carbocycles. The number of hydrogen-bond donors (Lipinski definition) is 1. The van der Waals surface area contributed by atoms with E-state index in [0.717, 1.165) is 23.4 Å². The molecule has 0 amide bonds. The molecule has 108 valence electrons. The Bertz CT molecular complexity index is 595. The van der Waals surface area contributed by atoms with E-state index in [4.69, 9.17) is 4.74 Å². The van der Waals surface area contributed by atoms with Gasteiger partial charge >= 0.3 is 0 Å². The fourth-order valence-electron chi connectivity index (χ4n) is 2.38. The number of benzene rings is 1. The Labute approximate surface area is 118 Å². The second-order valence-corrected chi connectivity index (χ2v) is 4.73. The van der Waals surface area contributed by atoms with Crippen molar-refractivity contribution < 1.29 is 9.13 Å². The number of aryl methyl sites for hydroxylation is 2. The van der Waals surface area contributed by atoms with Gasteiger partial charge in [-0.25, -0.2) is 4.39 Å². The Morgan fingerprint density at radius 1 is 1.45 bits per heavy atom. The van der Waals surface area contributed by atoms with Gasteiger partial charge < -0.3 is 10.1 Å². The van der Waals surface area contributed by atoms with Crippen LogP contribution in [-0.2, 0) is 7.05 Å². The minimum atomic E-state index is -0.352. The summed E-state index contributed by atoms with van der Waals surface area (Å²) in [6.07, 6.45) is 1.96. The number of ether oxygens (including phenoxy) is 1. The van der Waals surface area contributed by atoms with Crippen molar-refractivity contribution in [3.63, 3.8) is 0 Å². The van der Waals surface area contributed by atoms with Crippen LogP contribution in [0.4, 0.5) is 4.39 Å². The smallest absolute Gasteiger partial charge is 0.165 e. The summed E-state index contributed by atoms with van der Waals surface area (Å²) in [6, 6.07) is 4.97. The second kappa shape index (κ2) is 6.05. The lowest BCUT2D eigenvalue weighted by molar-refractivity contribution is 0.385. The molecule has 0 saturated heterocycles. The molecule has 5 heteroatoms. The highest BCUT2D eigenvalue weighted by molar-refractivity contribution is 5.37. The average molecular weight is 277 g/mol. The minimum absolute atomic E-state index is 0.0749. The first-order chi connectivity index (χ1) is 9.56. The summed E-state index contributed by atoms with van der Waals surface area (Å²) in [5.41, 5.74) is 2.86. The Morgan fingerprint density at radius 3 is 2.70 bits per heavy atom. The monoisotopic (exact) mass is 277 g/mol. The molecule has 0 aliphatic heterocycles. The highest BCUT2D eigenvalue weighted by atomic mass is 19.1. The van der Waals surface area contributed by atoms with E-state index >= 15 is 0 Å². The standard InChI is InChI=1S/C15H20FN3O/c1-5-17-15(12-9-19(3)18-10(12)2)11-6-7-14(20-4)13(16)8-11/h6-9,15,17H,5H2,1-4H3. The summed E-state index contributed by atoms with van der Waals surface area (Å²) in [4.78, 5) is 0. The third-order valence-corrected chi connectivity index (χ3v) is 3.28. The fraction of sp³-hybridized carbons (Fsp3) is 0.400. The lowest BCUT2D eigenvalue weighted by atomic mass is 9.99. The molecule has 1 aromatic heterocycles. The van der Waals surface area contributed by atoms with Crippen molar-refractivity contribution in [2.75, 3.05) is 13.7 Å². The van der Waals surface area contributed by atoms with Crippen LogP contribution in [0, 0.1) is 12.7 Å². The Morgan fingerprint density at radius 2 is 2.20 bits per heavy atom. The van der Waals surface area contributed by atoms with E-state index in [0.29, 0.717) is 0 Å². The quantitative estimate of drug-likeness (QED) is 0.913. The van der Waals surface area contributed by atoms with Gasteiger partial charge in [0.2, 0.25) is 0 Å². The van der Waals surface area contributed by atoms with Crippen LogP contribution in [0.5, 0.6) is 5.75 Å². The molecule has 0 aliphatic rings. The van der Waals surface area contributed by atoms with E-state index in [1.54, 1.807) is 10.7 Å². The molecule has 0 radical (unpaired) electrons. The van der Waals surface area contributed by atoms with Crippen molar-refractivity contribution in [1.82, 2.24) is 15.1 Å². The van der Waals surface area contributed by atoms with Gasteiger partial charge in [-0.15, -0.1) is 0 Å². The molecule has 1 N–H and O–H groups in total. The number of methoxy groups -OCH3 is 1. The first kappa shape index (κ1) is 14.5. The van der Waals surface area contributed by atoms with Crippen molar-refractivity contribution in [3.8, 4) is 5.75 Å². The average Bonchev–Trinajstić information content (AvgIpc) is 2.74. The van der Waals surface area contributed by atoms with Crippen LogP contribution in [0.3, 0.4) is 0 Å². The van der Waals surface area contributed by atoms with Crippen molar-refractivity contribution in [2.24, 2.45) is 7.05 Å². The van der Waals surface area contributed by atoms with Crippen molar-refractivity contribution in [3.05, 3.63) is 47.0 Å². The molecule has 1 heterocycles. The van der Waals surface area contributed by atoms with E-state index in [9.17, 15) is 4.39 Å². The maximum atomic E-state index is 13.9. The molecule has 20 heavy (non-hydrogen) atoms. The molecule has 0 spiro atoms. The van der Waals surface area contributed by atoms with E-state index in [1.807, 2.05) is 33.2 Å². The van der Waals surface area contributed by atoms with Crippen molar-refractivity contribution >= 4 is 0 Å². The van der Waals surface area contributed by atoms with Crippen LogP contribution >= 0.6 is 0 Å². The summed E-state index contributed by atoms with van der Waals surface area (Å²) >= 11 is 0. The molecule has 0 aliphatic carbocycles. The molecule has 4 nitrogen and oxygen atoms in total. The summed E-state index contributed by atoms with van der Waals surface area (Å²) in [5.74, 6) is -0.0960. The first-order valence-corrected chi connectivity index (χ1v) is 6.63. The largest absolute Gasteiger partial charge is 0.494 e. The number of hydrogen-bond acceptors (Lipinski definition) is 3. The van der Waals surface area contributed by atoms with Gasteiger partial charge in [-0.2, -0.15) is 5.10 Å². The first-order valence-electron chi connectivity index (χ1n) is 6.63. The molecule has 1 atom stereocenters. The summed E-state index contributed by atoms with van der Waals surface area (Å²) in [5, 5.41) is 7.73. The predicted octanol–water partition coefficient (Wildman–Crippen LogP) is 2.58. The highest BCUT2D eigenvalue weighted by Crippen LogP contribution is 2.27. The number of aromatic nitrogens is 2. The lowest BCUT2D eigenvalue weighted by Gasteiger charge is -2.18. The summed E-state index contributed by atoms with van der Waals surface area (Å²) in [6.45, 7) is 4.77. The van der Waals surface area contributed by atoms with Gasteiger partial charge in [-0.1, -0.05) is 13.0 Å². The maximum Gasteiger partial charge on any atom is 0.165 e. The number of nitrogens with one attached hydrogen (secondary N) is 1. The maximum absolute atomic E-state index is 13.9. The van der Waals surface area contributed by atoms with Crippen LogP contribution in [-0.4, -0.2) is 23.4 Å². The molecule has 0 bridgehead atoms. The van der Waals surface area contributed by atoms with E-state index in [-0.39, 0.29) is 17.6 Å². The lowest BCUT2D eigenvalue weighted by Crippen LogP contribution is -2.22. The van der Waals surface area contributed by atoms with Gasteiger partial charge in [0.25, 0.3) is 0 Å². The van der Waals surface area contributed by atoms with Crippen molar-refractivity contribution in [1.29, 1.82) is 0 Å². The molecular formula is C15H20FN3O. The van der Waals surface area contributed by atoms with Gasteiger partial charge in [-0.3, -0.25) is 4.68 Å². The summed E-state index contributed by atoms with van der Waals surface area (Å²) in [7, 11) is 3.35. The minimum Gasteiger partial charge on any atom is -0.494 e. The number of rotatable bonds is 5. The predicted molar refractivity (Wildman–Crippen MR) is 76.4 cm³/mol. The zero-order valence-corrected chi connectivity index (χ0v) is 12.3. The van der Waals surface area contributed by atoms with E-state index in [2.05, 4.69) is 10.4 Å². The van der Waals surface area contributed by atoms with Gasteiger partial charge in [0, 0.05) is 18.8 Å². The third-order valence-electron chi connectivity index (χ3n) is 3.28. The van der Waals surface area contributed by atoms with E-state index < -0.39 is 0 Å². The van der Waals surface area contributed by atoms with Gasteiger partial charge in [0.05, 0.1) is 18.8 Å². The zero-order valence-electron chi connectivity index (χ0n) is 12.3. The zero-order chi connectivity index (χ0) is 14.7. The molecular weight excluding hydrogens is 257 g/mol. The van der Waals surface area contributed by atoms with Crippen LogP contribution in [0.15, 0.2) is 24.4 Å². The second-order valence-electron chi connectivity index (χ2n) is 4.73. The normalized spacial score (nSPS) is 12.4. The van der Waals surface area contributed by atoms with Gasteiger partial charge in [0.15, 0.2) is 11.6 Å². The van der Waals surface area contributed by atoms with Crippen LogP contribution < -0.4 is 10.1 Å². The molecule has 2 rings (SSSR count). The van der Waals surface area contributed by atoms with Crippen LogP contribution in [0.1, 0.15) is 29.8 Å². The Kier molecular flexibility index (Phi) is 4.39. The van der Waals surface area contributed by atoms with Gasteiger partial charge in [0.1, 0.15) is 0 Å². The van der Waals surface area contributed by atoms with E-state index in [1.165, 1.54) is 13.2 Å². The van der Waals surface area contributed by atoms with Gasteiger partial charge in [-0.05, 0) is 31.2 Å². The number of halogens is 1. The molecule has 0 saturated carbocycles. The van der Waals surface area contributed by atoms with Crippen LogP contribution in [0.2, 0.25) is 0 Å². The SMILES string of the molecule is CCNC(c1ccc(OC)c(F)c1)c1cn(C)nc1C. The topological polar surface area (TPSA) is 39.1 Å². The molecule has 2 aromatic rings. The highest BCUT2D eigenvalue weighted by Gasteiger charge is 2.19. The van der Waals surface area contributed by atoms with Crippen LogP contribution in [0.25, 0.3) is 0 Å². The summed E-state index contributed by atoms with van der Waals surface area (Å²) < 4.78 is 20.6. The fourth-order valence-corrected chi connectivity index (χ4v) is 2.38. The third kappa shape index (κ3) is 2.82. The Hall–Kier alpha value is -1.88. The molecule has 1 unspecified atom stereocenters. The molecule has 0 fully saturated rings. The number of nitrogens with zero attached hydrogens (tertiary/aromatic N) is 2. The Balaban J connectivity index is 2.43. The van der Waals surface area contributed by atoms with Crippen molar-refractivity contribution in [2.45, 2.75) is 19.9 Å².